The summed E-state index contributed by atoms with van der Waals surface area (Å²) in [6.45, 7) is -0.223. The van der Waals surface area contributed by atoms with Crippen molar-refractivity contribution < 1.29 is 14.7 Å². The van der Waals surface area contributed by atoms with Gasteiger partial charge in [-0.05, 0) is 12.8 Å². The molecule has 1 fully saturated rings. The van der Waals surface area contributed by atoms with Crippen LogP contribution in [0.2, 0.25) is 0 Å². The monoisotopic (exact) mass is 280 g/mol. The summed E-state index contributed by atoms with van der Waals surface area (Å²) in [5.41, 5.74) is 6.55. The third kappa shape index (κ3) is 3.80. The Morgan fingerprint density at radius 1 is 1.40 bits per heavy atom. The van der Waals surface area contributed by atoms with Gasteiger partial charge in [0.05, 0.1) is 17.8 Å². The molecule has 1 saturated carbocycles. The number of hydrogen-bond donors (Lipinski definition) is 3. The normalized spacial score (nSPS) is 23.1. The molecule has 1 heterocycles. The average Bonchev–Trinajstić information content (AvgIpc) is 2.67. The minimum Gasteiger partial charge on any atom is -0.480 e. The topological polar surface area (TPSA) is 110 Å². The number of rotatable bonds is 4. The zero-order valence-corrected chi connectivity index (χ0v) is 11.3. The molecule has 110 valence electrons. The van der Waals surface area contributed by atoms with Crippen molar-refractivity contribution in [3.05, 3.63) is 12.4 Å². The second-order valence-electron chi connectivity index (χ2n) is 5.22. The molecule has 2 atom stereocenters. The van der Waals surface area contributed by atoms with E-state index in [1.807, 2.05) is 0 Å². The zero-order chi connectivity index (χ0) is 14.5. The fourth-order valence-electron chi connectivity index (χ4n) is 2.55. The summed E-state index contributed by atoms with van der Waals surface area (Å²) in [5.74, 6) is -1.26. The summed E-state index contributed by atoms with van der Waals surface area (Å²) in [6.07, 6.45) is 7.84. The van der Waals surface area contributed by atoms with Crippen LogP contribution < -0.4 is 11.1 Å². The molecule has 2 unspecified atom stereocenters. The van der Waals surface area contributed by atoms with Gasteiger partial charge in [0.25, 0.3) is 0 Å². The molecule has 7 heteroatoms. The van der Waals surface area contributed by atoms with Crippen molar-refractivity contribution in [3.63, 3.8) is 0 Å². The van der Waals surface area contributed by atoms with E-state index in [0.717, 1.165) is 32.1 Å². The first-order valence-corrected chi connectivity index (χ1v) is 6.87. The molecule has 0 aromatic carbocycles. The predicted octanol–water partition coefficient (Wildman–Crippen LogP) is 0.814. The first-order valence-electron chi connectivity index (χ1n) is 6.87. The zero-order valence-electron chi connectivity index (χ0n) is 11.3. The van der Waals surface area contributed by atoms with E-state index in [1.54, 1.807) is 0 Å². The number of carbonyl (C=O) groups excluding carboxylic acids is 1. The van der Waals surface area contributed by atoms with Crippen LogP contribution in [0, 0.1) is 5.92 Å². The van der Waals surface area contributed by atoms with Crippen LogP contribution in [-0.4, -0.2) is 32.8 Å². The van der Waals surface area contributed by atoms with Crippen molar-refractivity contribution in [1.29, 1.82) is 0 Å². The van der Waals surface area contributed by atoms with Gasteiger partial charge in [-0.2, -0.15) is 5.10 Å². The van der Waals surface area contributed by atoms with Gasteiger partial charge in [0, 0.05) is 12.2 Å². The highest BCUT2D eigenvalue weighted by Gasteiger charge is 2.27. The van der Waals surface area contributed by atoms with Crippen LogP contribution in [0.15, 0.2) is 12.4 Å². The molecule has 7 nitrogen and oxygen atoms in total. The number of hydrogen-bond acceptors (Lipinski definition) is 4. The minimum absolute atomic E-state index is 0.103. The molecule has 0 saturated heterocycles. The lowest BCUT2D eigenvalue weighted by Crippen LogP contribution is -2.37. The molecule has 1 amide bonds. The predicted molar refractivity (Wildman–Crippen MR) is 73.0 cm³/mol. The maximum atomic E-state index is 12.2. The van der Waals surface area contributed by atoms with E-state index in [4.69, 9.17) is 10.8 Å². The lowest BCUT2D eigenvalue weighted by atomic mass is 9.94. The number of anilines is 1. The number of aromatic nitrogens is 2. The quantitative estimate of drug-likeness (QED) is 0.707. The Labute approximate surface area is 117 Å². The van der Waals surface area contributed by atoms with Crippen LogP contribution >= 0.6 is 0 Å². The smallest absolute Gasteiger partial charge is 0.325 e. The van der Waals surface area contributed by atoms with E-state index in [2.05, 4.69) is 10.4 Å². The standard InChI is InChI=1S/C13H20N4O3/c14-11-5-3-1-2-4-10(11)13(20)16-9-6-15-17(7-9)8-12(18)19/h6-7,10-11H,1-5,8,14H2,(H,16,20)(H,18,19). The molecule has 4 N–H and O–H groups in total. The molecule has 0 bridgehead atoms. The van der Waals surface area contributed by atoms with E-state index >= 15 is 0 Å². The van der Waals surface area contributed by atoms with E-state index in [1.165, 1.54) is 17.1 Å². The van der Waals surface area contributed by atoms with Crippen molar-refractivity contribution in [2.75, 3.05) is 5.32 Å². The summed E-state index contributed by atoms with van der Waals surface area (Å²) in [6, 6.07) is -0.105. The Balaban J connectivity index is 1.96. The molecule has 20 heavy (non-hydrogen) atoms. The van der Waals surface area contributed by atoms with Crippen molar-refractivity contribution >= 4 is 17.6 Å². The van der Waals surface area contributed by atoms with Gasteiger partial charge in [0.1, 0.15) is 6.54 Å². The molecule has 1 aromatic heterocycles. The van der Waals surface area contributed by atoms with Gasteiger partial charge in [-0.3, -0.25) is 14.3 Å². The van der Waals surface area contributed by atoms with Crippen molar-refractivity contribution in [2.24, 2.45) is 11.7 Å². The van der Waals surface area contributed by atoms with Crippen molar-refractivity contribution in [1.82, 2.24) is 9.78 Å². The van der Waals surface area contributed by atoms with Crippen LogP contribution in [-0.2, 0) is 16.1 Å². The molecular formula is C13H20N4O3. The highest BCUT2D eigenvalue weighted by Crippen LogP contribution is 2.23. The van der Waals surface area contributed by atoms with Gasteiger partial charge in [-0.15, -0.1) is 0 Å². The third-order valence-corrected chi connectivity index (χ3v) is 3.60. The van der Waals surface area contributed by atoms with E-state index in [-0.39, 0.29) is 24.4 Å². The number of amides is 1. The summed E-state index contributed by atoms with van der Waals surface area (Å²) in [5, 5.41) is 15.3. The Hall–Kier alpha value is -1.89. The maximum absolute atomic E-state index is 12.2. The molecule has 1 aliphatic carbocycles. The average molecular weight is 280 g/mol. The molecule has 1 aromatic rings. The Kier molecular flexibility index (Phi) is 4.73. The number of nitrogens with two attached hydrogens (primary N) is 1. The second-order valence-corrected chi connectivity index (χ2v) is 5.22. The number of carboxylic acid groups (broad SMARTS) is 1. The first kappa shape index (κ1) is 14.5. The summed E-state index contributed by atoms with van der Waals surface area (Å²) in [7, 11) is 0. The fourth-order valence-corrected chi connectivity index (χ4v) is 2.55. The van der Waals surface area contributed by atoms with Gasteiger partial charge >= 0.3 is 5.97 Å². The van der Waals surface area contributed by atoms with Gasteiger partial charge in [-0.1, -0.05) is 19.3 Å². The van der Waals surface area contributed by atoms with E-state index in [9.17, 15) is 9.59 Å². The van der Waals surface area contributed by atoms with Gasteiger partial charge < -0.3 is 16.2 Å². The van der Waals surface area contributed by atoms with Gasteiger partial charge in [-0.25, -0.2) is 0 Å². The van der Waals surface area contributed by atoms with Crippen LogP contribution in [0.1, 0.15) is 32.1 Å². The minimum atomic E-state index is -0.975. The summed E-state index contributed by atoms with van der Waals surface area (Å²) in [4.78, 5) is 22.8. The number of nitrogens with one attached hydrogen (secondary N) is 1. The molecule has 0 spiro atoms. The molecule has 0 aliphatic heterocycles. The lowest BCUT2D eigenvalue weighted by molar-refractivity contribution is -0.137. The largest absolute Gasteiger partial charge is 0.480 e. The molecular weight excluding hydrogens is 260 g/mol. The second kappa shape index (κ2) is 6.51. The van der Waals surface area contributed by atoms with Gasteiger partial charge in [0.15, 0.2) is 0 Å². The Morgan fingerprint density at radius 2 is 2.15 bits per heavy atom. The fraction of sp³-hybridized carbons (Fsp3) is 0.615. The van der Waals surface area contributed by atoms with Crippen molar-refractivity contribution in [3.8, 4) is 0 Å². The SMILES string of the molecule is NC1CCCCCC1C(=O)Nc1cnn(CC(=O)O)c1. The van der Waals surface area contributed by atoms with Crippen molar-refractivity contribution in [2.45, 2.75) is 44.7 Å². The third-order valence-electron chi connectivity index (χ3n) is 3.60. The molecule has 1 aliphatic rings. The highest BCUT2D eigenvalue weighted by atomic mass is 16.4. The summed E-state index contributed by atoms with van der Waals surface area (Å²) >= 11 is 0. The maximum Gasteiger partial charge on any atom is 0.325 e. The van der Waals surface area contributed by atoms with Crippen LogP contribution in [0.3, 0.4) is 0 Å². The number of nitrogens with zero attached hydrogens (tertiary/aromatic N) is 2. The number of aliphatic carboxylic acids is 1. The number of carboxylic acids is 1. The summed E-state index contributed by atoms with van der Waals surface area (Å²) < 4.78 is 1.27. The number of carbonyl (C=O) groups is 2. The molecule has 2 rings (SSSR count). The van der Waals surface area contributed by atoms with Crippen LogP contribution in [0.4, 0.5) is 5.69 Å². The Bertz CT molecular complexity index is 486. The van der Waals surface area contributed by atoms with Crippen LogP contribution in [0.5, 0.6) is 0 Å². The molecule has 0 radical (unpaired) electrons. The first-order chi connectivity index (χ1) is 9.56. The lowest BCUT2D eigenvalue weighted by Gasteiger charge is -2.19. The van der Waals surface area contributed by atoms with Crippen LogP contribution in [0.25, 0.3) is 0 Å². The van der Waals surface area contributed by atoms with E-state index < -0.39 is 5.97 Å². The Morgan fingerprint density at radius 3 is 2.90 bits per heavy atom. The van der Waals surface area contributed by atoms with E-state index in [0.29, 0.717) is 5.69 Å². The highest BCUT2D eigenvalue weighted by molar-refractivity contribution is 5.92. The van der Waals surface area contributed by atoms with Gasteiger partial charge in [0.2, 0.25) is 5.91 Å².